The molecule has 4 aromatic heterocycles. The quantitative estimate of drug-likeness (QED) is 0.168. The van der Waals surface area contributed by atoms with Crippen molar-refractivity contribution in [2.75, 3.05) is 0 Å². The number of fused-ring (bicyclic) bond motifs is 10. The summed E-state index contributed by atoms with van der Waals surface area (Å²) in [6.45, 7) is 0. The summed E-state index contributed by atoms with van der Waals surface area (Å²) in [7, 11) is 0. The number of rotatable bonds is 6. The molecule has 0 saturated carbocycles. The molecular formula is C57H36N6. The van der Waals surface area contributed by atoms with Gasteiger partial charge in [-0.1, -0.05) is 158 Å². The Labute approximate surface area is 362 Å². The van der Waals surface area contributed by atoms with Gasteiger partial charge >= 0.3 is 0 Å². The molecule has 0 aliphatic carbocycles. The monoisotopic (exact) mass is 804 g/mol. The zero-order valence-electron chi connectivity index (χ0n) is 34.0. The minimum Gasteiger partial charge on any atom is -0.309 e. The SMILES string of the molecule is c1ccc(-c2nc(-c3ccccc3)nc(-n3c4ccccc4c4c3ccc3c5ccccc5n(-c5cccc(-c6ccc7c(c6)c6ccccc6n7-c6ccccc6)c5)c34)n2)cc1. The summed E-state index contributed by atoms with van der Waals surface area (Å²) in [5.41, 5.74) is 13.2. The van der Waals surface area contributed by atoms with Crippen LogP contribution in [0.4, 0.5) is 0 Å². The summed E-state index contributed by atoms with van der Waals surface area (Å²) in [6, 6.07) is 77.4. The standard InChI is InChI=1S/C57H36N6/c1-4-17-37(18-5-1)55-58-56(38-19-6-2-7-20-38)60-57(59-55)63-50-30-15-12-27-46(50)53-52(63)34-32-45-43-25-10-14-29-49(43)62(54(45)53)42-24-16-21-39(35-42)40-31-33-51-47(36-40)44-26-11-13-28-48(44)61(51)41-22-8-3-9-23-41/h1-36H. The van der Waals surface area contributed by atoms with Gasteiger partial charge in [-0.25, -0.2) is 4.98 Å². The predicted octanol–water partition coefficient (Wildman–Crippen LogP) is 14.2. The Morgan fingerprint density at radius 1 is 0.270 bits per heavy atom. The molecule has 0 bridgehead atoms. The van der Waals surface area contributed by atoms with Crippen molar-refractivity contribution in [3.63, 3.8) is 0 Å². The van der Waals surface area contributed by atoms with E-state index in [0.717, 1.165) is 60.9 Å². The molecule has 4 heterocycles. The van der Waals surface area contributed by atoms with Crippen LogP contribution in [0, 0.1) is 0 Å². The Kier molecular flexibility index (Phi) is 7.80. The van der Waals surface area contributed by atoms with Gasteiger partial charge in [0.25, 0.3) is 0 Å². The molecule has 0 saturated heterocycles. The molecule has 0 aliphatic heterocycles. The summed E-state index contributed by atoms with van der Waals surface area (Å²) in [5, 5.41) is 7.12. The normalized spacial score (nSPS) is 11.8. The van der Waals surface area contributed by atoms with Crippen molar-refractivity contribution in [2.24, 2.45) is 0 Å². The van der Waals surface area contributed by atoms with Gasteiger partial charge in [0.15, 0.2) is 11.6 Å². The smallest absolute Gasteiger partial charge is 0.238 e. The Hall–Kier alpha value is -8.61. The molecule has 6 heteroatoms. The molecule has 0 N–H and O–H groups in total. The average Bonchev–Trinajstić information content (AvgIpc) is 4.00. The van der Waals surface area contributed by atoms with Crippen molar-refractivity contribution in [1.29, 1.82) is 0 Å². The van der Waals surface area contributed by atoms with Gasteiger partial charge in [0.05, 0.1) is 33.1 Å². The van der Waals surface area contributed by atoms with Crippen molar-refractivity contribution in [1.82, 2.24) is 28.7 Å². The van der Waals surface area contributed by atoms with Gasteiger partial charge in [-0.05, 0) is 71.8 Å². The predicted molar refractivity (Wildman–Crippen MR) is 259 cm³/mol. The first-order valence-electron chi connectivity index (χ1n) is 21.3. The number of hydrogen-bond acceptors (Lipinski definition) is 3. The zero-order valence-corrected chi connectivity index (χ0v) is 34.0. The molecule has 63 heavy (non-hydrogen) atoms. The van der Waals surface area contributed by atoms with E-state index < -0.39 is 0 Å². The van der Waals surface area contributed by atoms with Crippen molar-refractivity contribution in [3.05, 3.63) is 218 Å². The highest BCUT2D eigenvalue weighted by molar-refractivity contribution is 6.26. The number of hydrogen-bond donors (Lipinski definition) is 0. The molecule has 0 amide bonds. The molecule has 294 valence electrons. The van der Waals surface area contributed by atoms with E-state index in [1.54, 1.807) is 0 Å². The first-order valence-corrected chi connectivity index (χ1v) is 21.3. The molecule has 0 atom stereocenters. The van der Waals surface area contributed by atoms with Crippen LogP contribution in [0.15, 0.2) is 218 Å². The van der Waals surface area contributed by atoms with E-state index in [0.29, 0.717) is 17.6 Å². The van der Waals surface area contributed by atoms with E-state index in [2.05, 4.69) is 196 Å². The molecule has 9 aromatic carbocycles. The second-order valence-electron chi connectivity index (χ2n) is 16.0. The van der Waals surface area contributed by atoms with Gasteiger partial charge < -0.3 is 9.13 Å². The van der Waals surface area contributed by atoms with Gasteiger partial charge in [-0.3, -0.25) is 4.57 Å². The Morgan fingerprint density at radius 2 is 0.762 bits per heavy atom. The van der Waals surface area contributed by atoms with Crippen LogP contribution in [0.5, 0.6) is 0 Å². The summed E-state index contributed by atoms with van der Waals surface area (Å²) < 4.78 is 7.03. The second-order valence-corrected chi connectivity index (χ2v) is 16.0. The summed E-state index contributed by atoms with van der Waals surface area (Å²) in [4.78, 5) is 15.4. The fourth-order valence-corrected chi connectivity index (χ4v) is 9.72. The molecule has 0 spiro atoms. The fraction of sp³-hybridized carbons (Fsp3) is 0. The number of benzene rings is 9. The molecule has 13 aromatic rings. The maximum absolute atomic E-state index is 5.21. The second kappa shape index (κ2) is 14.0. The minimum absolute atomic E-state index is 0.571. The minimum atomic E-state index is 0.571. The van der Waals surface area contributed by atoms with Crippen molar-refractivity contribution < 1.29 is 0 Å². The largest absolute Gasteiger partial charge is 0.309 e. The molecular weight excluding hydrogens is 769 g/mol. The van der Waals surface area contributed by atoms with Gasteiger partial charge in [0, 0.05) is 54.8 Å². The lowest BCUT2D eigenvalue weighted by Crippen LogP contribution is -2.06. The van der Waals surface area contributed by atoms with Crippen LogP contribution >= 0.6 is 0 Å². The summed E-state index contributed by atoms with van der Waals surface area (Å²) in [6.07, 6.45) is 0. The first-order chi connectivity index (χ1) is 31.3. The molecule has 0 fully saturated rings. The van der Waals surface area contributed by atoms with Crippen LogP contribution in [0.2, 0.25) is 0 Å². The van der Waals surface area contributed by atoms with Gasteiger partial charge in [0.1, 0.15) is 0 Å². The maximum atomic E-state index is 5.21. The van der Waals surface area contributed by atoms with E-state index >= 15 is 0 Å². The van der Waals surface area contributed by atoms with Crippen LogP contribution in [0.1, 0.15) is 0 Å². The third-order valence-corrected chi connectivity index (χ3v) is 12.5. The topological polar surface area (TPSA) is 53.5 Å². The molecule has 0 aliphatic rings. The molecule has 13 rings (SSSR count). The highest BCUT2D eigenvalue weighted by atomic mass is 15.2. The van der Waals surface area contributed by atoms with Gasteiger partial charge in [0.2, 0.25) is 5.95 Å². The average molecular weight is 805 g/mol. The van der Waals surface area contributed by atoms with E-state index in [1.165, 1.54) is 38.1 Å². The fourth-order valence-electron chi connectivity index (χ4n) is 9.72. The zero-order chi connectivity index (χ0) is 41.4. The third kappa shape index (κ3) is 5.48. The van der Waals surface area contributed by atoms with E-state index in [9.17, 15) is 0 Å². The highest BCUT2D eigenvalue weighted by Gasteiger charge is 2.23. The van der Waals surface area contributed by atoms with E-state index in [-0.39, 0.29) is 0 Å². The van der Waals surface area contributed by atoms with Crippen LogP contribution in [-0.2, 0) is 0 Å². The third-order valence-electron chi connectivity index (χ3n) is 12.5. The molecule has 0 radical (unpaired) electrons. The number of para-hydroxylation sites is 4. The number of aromatic nitrogens is 6. The van der Waals surface area contributed by atoms with Crippen molar-refractivity contribution in [3.8, 4) is 51.2 Å². The summed E-state index contributed by atoms with van der Waals surface area (Å²) in [5.74, 6) is 1.82. The van der Waals surface area contributed by atoms with Gasteiger partial charge in [-0.2, -0.15) is 9.97 Å². The Balaban J connectivity index is 1.05. The first kappa shape index (κ1) is 35.2. The highest BCUT2D eigenvalue weighted by Crippen LogP contribution is 2.43. The van der Waals surface area contributed by atoms with Crippen molar-refractivity contribution >= 4 is 65.4 Å². The van der Waals surface area contributed by atoms with E-state index in [1.807, 2.05) is 36.4 Å². The Morgan fingerprint density at radius 3 is 1.44 bits per heavy atom. The Bertz CT molecular complexity index is 3840. The summed E-state index contributed by atoms with van der Waals surface area (Å²) >= 11 is 0. The molecule has 0 unspecified atom stereocenters. The lowest BCUT2D eigenvalue weighted by Gasteiger charge is -2.12. The number of nitrogens with zero attached hydrogens (tertiary/aromatic N) is 6. The van der Waals surface area contributed by atoms with E-state index in [4.69, 9.17) is 15.0 Å². The van der Waals surface area contributed by atoms with Crippen LogP contribution in [0.3, 0.4) is 0 Å². The van der Waals surface area contributed by atoms with Gasteiger partial charge in [-0.15, -0.1) is 0 Å². The van der Waals surface area contributed by atoms with Crippen LogP contribution in [0.25, 0.3) is 117 Å². The lowest BCUT2D eigenvalue weighted by atomic mass is 10.0. The maximum Gasteiger partial charge on any atom is 0.238 e. The molecule has 6 nitrogen and oxygen atoms in total. The van der Waals surface area contributed by atoms with Crippen LogP contribution in [-0.4, -0.2) is 28.7 Å². The lowest BCUT2D eigenvalue weighted by molar-refractivity contribution is 0.953. The van der Waals surface area contributed by atoms with Crippen LogP contribution < -0.4 is 0 Å². The van der Waals surface area contributed by atoms with Crippen molar-refractivity contribution in [2.45, 2.75) is 0 Å².